The first-order chi connectivity index (χ1) is 11.1. The fourth-order valence-corrected chi connectivity index (χ4v) is 1.92. The van der Waals surface area contributed by atoms with Crippen molar-refractivity contribution in [2.24, 2.45) is 5.92 Å². The summed E-state index contributed by atoms with van der Waals surface area (Å²) in [5, 5.41) is 19.1. The van der Waals surface area contributed by atoms with Crippen LogP contribution in [0.25, 0.3) is 11.3 Å². The van der Waals surface area contributed by atoms with Gasteiger partial charge >= 0.3 is 0 Å². The lowest BCUT2D eigenvalue weighted by Gasteiger charge is -2.14. The number of benzene rings is 1. The van der Waals surface area contributed by atoms with Crippen molar-refractivity contribution in [3.63, 3.8) is 0 Å². The molecule has 0 saturated heterocycles. The van der Waals surface area contributed by atoms with Gasteiger partial charge in [0.25, 0.3) is 0 Å². The zero-order valence-corrected chi connectivity index (χ0v) is 13.5. The second kappa shape index (κ2) is 7.99. The Bertz CT molecular complexity index is 678. The molecule has 0 fully saturated rings. The van der Waals surface area contributed by atoms with Crippen molar-refractivity contribution in [1.29, 1.82) is 5.26 Å². The van der Waals surface area contributed by atoms with Gasteiger partial charge in [-0.05, 0) is 43.2 Å². The van der Waals surface area contributed by atoms with Crippen molar-refractivity contribution < 1.29 is 9.47 Å². The number of ether oxygens (including phenoxy) is 2. The zero-order valence-electron chi connectivity index (χ0n) is 13.5. The van der Waals surface area contributed by atoms with E-state index in [0.29, 0.717) is 42.1 Å². The van der Waals surface area contributed by atoms with Crippen molar-refractivity contribution in [2.45, 2.75) is 20.8 Å². The number of aromatic nitrogens is 2. The van der Waals surface area contributed by atoms with Crippen LogP contribution in [0.2, 0.25) is 0 Å². The lowest BCUT2D eigenvalue weighted by molar-refractivity contribution is 0.248. The number of nitrogens with zero attached hydrogens (tertiary/aromatic N) is 3. The molecule has 23 heavy (non-hydrogen) atoms. The van der Waals surface area contributed by atoms with E-state index in [4.69, 9.17) is 14.7 Å². The zero-order chi connectivity index (χ0) is 16.7. The molecule has 1 N–H and O–H groups in total. The minimum Gasteiger partial charge on any atom is -0.490 e. The highest BCUT2D eigenvalue weighted by Crippen LogP contribution is 2.32. The molecule has 0 spiro atoms. The second-order valence-corrected chi connectivity index (χ2v) is 5.34. The normalized spacial score (nSPS) is 10.2. The molecule has 6 nitrogen and oxygen atoms in total. The Balaban J connectivity index is 2.28. The molecule has 6 heteroatoms. The minimum absolute atomic E-state index is 0.415. The van der Waals surface area contributed by atoms with Crippen LogP contribution in [0.15, 0.2) is 30.3 Å². The Labute approximate surface area is 136 Å². The van der Waals surface area contributed by atoms with E-state index in [1.807, 2.05) is 31.3 Å². The van der Waals surface area contributed by atoms with Crippen LogP contribution in [-0.4, -0.2) is 23.4 Å². The summed E-state index contributed by atoms with van der Waals surface area (Å²) in [5.74, 6) is 2.24. The van der Waals surface area contributed by atoms with Gasteiger partial charge in [-0.15, -0.1) is 10.2 Å². The van der Waals surface area contributed by atoms with Gasteiger partial charge in [-0.25, -0.2) is 0 Å². The summed E-state index contributed by atoms with van der Waals surface area (Å²) in [6.07, 6.45) is 1.81. The third-order valence-electron chi connectivity index (χ3n) is 2.96. The molecule has 0 aliphatic carbocycles. The van der Waals surface area contributed by atoms with Crippen LogP contribution < -0.4 is 14.8 Å². The van der Waals surface area contributed by atoms with Crippen LogP contribution >= 0.6 is 0 Å². The third kappa shape index (κ3) is 4.58. The monoisotopic (exact) mass is 312 g/mol. The average Bonchev–Trinajstić information content (AvgIpc) is 2.55. The molecule has 1 aromatic carbocycles. The van der Waals surface area contributed by atoms with Crippen molar-refractivity contribution in [1.82, 2.24) is 10.2 Å². The SMILES string of the molecule is CCOc1ccc(-c2ccc(NC#N)nn2)cc1OCC(C)C. The molecule has 0 bridgehead atoms. The topological polar surface area (TPSA) is 80.1 Å². The molecule has 120 valence electrons. The second-order valence-electron chi connectivity index (χ2n) is 5.34. The molecule has 1 heterocycles. The Morgan fingerprint density at radius 2 is 1.96 bits per heavy atom. The Morgan fingerprint density at radius 3 is 2.57 bits per heavy atom. The summed E-state index contributed by atoms with van der Waals surface area (Å²) in [7, 11) is 0. The molecule has 0 saturated carbocycles. The highest BCUT2D eigenvalue weighted by Gasteiger charge is 2.10. The summed E-state index contributed by atoms with van der Waals surface area (Å²) in [6.45, 7) is 7.31. The molecule has 0 unspecified atom stereocenters. The van der Waals surface area contributed by atoms with Crippen molar-refractivity contribution >= 4 is 5.82 Å². The minimum atomic E-state index is 0.415. The summed E-state index contributed by atoms with van der Waals surface area (Å²) in [6, 6.07) is 9.19. The summed E-state index contributed by atoms with van der Waals surface area (Å²) in [4.78, 5) is 0. The Kier molecular flexibility index (Phi) is 5.75. The van der Waals surface area contributed by atoms with E-state index < -0.39 is 0 Å². The van der Waals surface area contributed by atoms with E-state index in [-0.39, 0.29) is 0 Å². The fraction of sp³-hybridized carbons (Fsp3) is 0.353. The molecule has 2 rings (SSSR count). The van der Waals surface area contributed by atoms with E-state index in [2.05, 4.69) is 29.4 Å². The van der Waals surface area contributed by atoms with Gasteiger partial charge in [0.15, 0.2) is 23.5 Å². The van der Waals surface area contributed by atoms with Gasteiger partial charge in [-0.1, -0.05) is 13.8 Å². The van der Waals surface area contributed by atoms with Gasteiger partial charge in [0.05, 0.1) is 18.9 Å². The van der Waals surface area contributed by atoms with Crippen LogP contribution in [0.5, 0.6) is 11.5 Å². The lowest BCUT2D eigenvalue weighted by atomic mass is 10.1. The number of nitriles is 1. The first kappa shape index (κ1) is 16.6. The molecular weight excluding hydrogens is 292 g/mol. The standard InChI is InChI=1S/C17H20N4O2/c1-4-22-15-7-5-13(9-16(15)23-10-12(2)3)14-6-8-17(19-11-18)21-20-14/h5-9,12H,4,10H2,1-3H3,(H,19,21). The quantitative estimate of drug-likeness (QED) is 0.623. The van der Waals surface area contributed by atoms with E-state index in [1.165, 1.54) is 0 Å². The summed E-state index contributed by atoms with van der Waals surface area (Å²) < 4.78 is 11.5. The van der Waals surface area contributed by atoms with E-state index in [1.54, 1.807) is 12.1 Å². The van der Waals surface area contributed by atoms with Gasteiger partial charge in [0, 0.05) is 5.56 Å². The molecule has 2 aromatic rings. The van der Waals surface area contributed by atoms with Gasteiger partial charge in [0.2, 0.25) is 0 Å². The summed E-state index contributed by atoms with van der Waals surface area (Å²) >= 11 is 0. The predicted octanol–water partition coefficient (Wildman–Crippen LogP) is 3.47. The van der Waals surface area contributed by atoms with Crippen LogP contribution in [0.4, 0.5) is 5.82 Å². The van der Waals surface area contributed by atoms with Crippen molar-refractivity contribution in [2.75, 3.05) is 18.5 Å². The molecule has 0 radical (unpaired) electrons. The van der Waals surface area contributed by atoms with E-state index in [9.17, 15) is 0 Å². The van der Waals surface area contributed by atoms with Crippen LogP contribution in [0, 0.1) is 17.4 Å². The highest BCUT2D eigenvalue weighted by atomic mass is 16.5. The van der Waals surface area contributed by atoms with Gasteiger partial charge < -0.3 is 9.47 Å². The number of hydrogen-bond donors (Lipinski definition) is 1. The number of hydrogen-bond acceptors (Lipinski definition) is 6. The third-order valence-corrected chi connectivity index (χ3v) is 2.96. The average molecular weight is 312 g/mol. The predicted molar refractivity (Wildman–Crippen MR) is 88.2 cm³/mol. The Hall–Kier alpha value is -2.81. The molecule has 1 aromatic heterocycles. The molecular formula is C17H20N4O2. The molecule has 0 aliphatic heterocycles. The maximum atomic E-state index is 8.57. The maximum Gasteiger partial charge on any atom is 0.182 e. The highest BCUT2D eigenvalue weighted by molar-refractivity contribution is 5.64. The molecule has 0 atom stereocenters. The van der Waals surface area contributed by atoms with Gasteiger partial charge in [-0.2, -0.15) is 5.26 Å². The smallest absolute Gasteiger partial charge is 0.182 e. The van der Waals surface area contributed by atoms with Crippen LogP contribution in [0.1, 0.15) is 20.8 Å². The maximum absolute atomic E-state index is 8.57. The number of rotatable bonds is 7. The van der Waals surface area contributed by atoms with Crippen LogP contribution in [0.3, 0.4) is 0 Å². The van der Waals surface area contributed by atoms with Crippen molar-refractivity contribution in [3.05, 3.63) is 30.3 Å². The first-order valence-corrected chi connectivity index (χ1v) is 7.53. The fourth-order valence-electron chi connectivity index (χ4n) is 1.92. The molecule has 0 aliphatic rings. The van der Waals surface area contributed by atoms with Gasteiger partial charge in [0.1, 0.15) is 0 Å². The number of nitrogens with one attached hydrogen (secondary N) is 1. The van der Waals surface area contributed by atoms with E-state index in [0.717, 1.165) is 5.56 Å². The summed E-state index contributed by atoms with van der Waals surface area (Å²) in [5.41, 5.74) is 1.58. The van der Waals surface area contributed by atoms with Crippen molar-refractivity contribution in [3.8, 4) is 28.9 Å². The molecule has 0 amide bonds. The van der Waals surface area contributed by atoms with E-state index >= 15 is 0 Å². The van der Waals surface area contributed by atoms with Gasteiger partial charge in [-0.3, -0.25) is 5.32 Å². The lowest BCUT2D eigenvalue weighted by Crippen LogP contribution is -2.06. The van der Waals surface area contributed by atoms with Crippen LogP contribution in [-0.2, 0) is 0 Å². The first-order valence-electron chi connectivity index (χ1n) is 7.53. The largest absolute Gasteiger partial charge is 0.490 e. The Morgan fingerprint density at radius 1 is 1.13 bits per heavy atom. The number of anilines is 1.